The average Bonchev–Trinajstić information content (AvgIpc) is 3.66. The van der Waals surface area contributed by atoms with Gasteiger partial charge in [0.1, 0.15) is 5.82 Å². The van der Waals surface area contributed by atoms with Gasteiger partial charge in [0.2, 0.25) is 0 Å². The zero-order valence-corrected chi connectivity index (χ0v) is 24.6. The summed E-state index contributed by atoms with van der Waals surface area (Å²) < 4.78 is 4.57. The normalized spacial score (nSPS) is 11.2. The molecule has 0 spiro atoms. The molecule has 0 N–H and O–H groups in total. The van der Waals surface area contributed by atoms with Gasteiger partial charge in [0, 0.05) is 33.4 Å². The van der Waals surface area contributed by atoms with Crippen LogP contribution in [0.25, 0.3) is 65.9 Å². The Labute approximate surface area is 247 Å². The first kappa shape index (κ1) is 27.0. The Balaban J connectivity index is 0.000000488. The molecule has 0 amide bonds. The number of pyridine rings is 1. The molecular formula is C39H35N3. The van der Waals surface area contributed by atoms with Gasteiger partial charge in [0.25, 0.3) is 0 Å². The molecule has 5 aromatic carbocycles. The molecule has 8 aromatic rings. The minimum absolute atomic E-state index is 0.940. The number of fused-ring (bicyclic) bond motifs is 8. The number of para-hydroxylation sites is 3. The number of nitrogens with zero attached hydrogens (tertiary/aromatic N) is 3. The van der Waals surface area contributed by atoms with Crippen molar-refractivity contribution in [2.45, 2.75) is 27.7 Å². The van der Waals surface area contributed by atoms with Crippen molar-refractivity contribution >= 4 is 54.4 Å². The second-order valence-electron chi connectivity index (χ2n) is 9.96. The van der Waals surface area contributed by atoms with Crippen molar-refractivity contribution in [3.05, 3.63) is 140 Å². The Morgan fingerprint density at radius 1 is 0.524 bits per heavy atom. The monoisotopic (exact) mass is 545 g/mol. The molecule has 42 heavy (non-hydrogen) atoms. The Morgan fingerprint density at radius 3 is 2.02 bits per heavy atom. The van der Waals surface area contributed by atoms with Gasteiger partial charge in [-0.3, -0.25) is 4.57 Å². The van der Waals surface area contributed by atoms with Crippen LogP contribution in [0.3, 0.4) is 0 Å². The molecule has 0 fully saturated rings. The maximum Gasteiger partial charge on any atom is 0.138 e. The van der Waals surface area contributed by atoms with Gasteiger partial charge in [-0.15, -0.1) is 0 Å². The van der Waals surface area contributed by atoms with E-state index in [9.17, 15) is 0 Å². The maximum atomic E-state index is 5.04. The van der Waals surface area contributed by atoms with Gasteiger partial charge in [0.15, 0.2) is 0 Å². The third-order valence-electron chi connectivity index (χ3n) is 7.68. The van der Waals surface area contributed by atoms with Crippen LogP contribution in [-0.4, -0.2) is 14.1 Å². The van der Waals surface area contributed by atoms with Crippen LogP contribution in [0.1, 0.15) is 27.7 Å². The molecular weight excluding hydrogens is 510 g/mol. The summed E-state index contributed by atoms with van der Waals surface area (Å²) in [6, 6.07) is 43.1. The first-order valence-corrected chi connectivity index (χ1v) is 14.7. The molecule has 3 aromatic heterocycles. The summed E-state index contributed by atoms with van der Waals surface area (Å²) in [5.41, 5.74) is 5.74. The summed E-state index contributed by atoms with van der Waals surface area (Å²) in [7, 11) is 0. The first-order chi connectivity index (χ1) is 20.8. The second-order valence-corrected chi connectivity index (χ2v) is 9.96. The summed E-state index contributed by atoms with van der Waals surface area (Å²) >= 11 is 0. The SMILES string of the molecule is C/C=C\C.CC.c1ccc(-n2ccc3c4ccc5c(c4ccc32)c2ccccc2n5-c2ccc3ccccc3n2)cc1. The van der Waals surface area contributed by atoms with Gasteiger partial charge >= 0.3 is 0 Å². The van der Waals surface area contributed by atoms with E-state index in [-0.39, 0.29) is 0 Å². The lowest BCUT2D eigenvalue weighted by Gasteiger charge is -2.09. The van der Waals surface area contributed by atoms with Crippen molar-refractivity contribution < 1.29 is 0 Å². The van der Waals surface area contributed by atoms with Crippen LogP contribution in [-0.2, 0) is 0 Å². The maximum absolute atomic E-state index is 5.04. The molecule has 0 aliphatic carbocycles. The van der Waals surface area contributed by atoms with Crippen molar-refractivity contribution in [2.24, 2.45) is 0 Å². The highest BCUT2D eigenvalue weighted by Gasteiger charge is 2.17. The lowest BCUT2D eigenvalue weighted by atomic mass is 10.0. The highest BCUT2D eigenvalue weighted by atomic mass is 15.1. The Bertz CT molecular complexity index is 2180. The van der Waals surface area contributed by atoms with E-state index >= 15 is 0 Å². The standard InChI is InChI=1S/C33H21N3.C4H8.C2H6/c1-2-9-23(10-3-1)35-21-20-25-24-15-18-31-33(26(24)16-17-29(25)35)27-11-5-7-13-30(27)36(31)32-19-14-22-8-4-6-12-28(22)34-32;1-3-4-2;1-2/h1-21H;3-4H,1-2H3;1-2H3/b;4-3-;. The minimum Gasteiger partial charge on any atom is -0.317 e. The van der Waals surface area contributed by atoms with Crippen LogP contribution in [0, 0.1) is 0 Å². The lowest BCUT2D eigenvalue weighted by Crippen LogP contribution is -1.97. The van der Waals surface area contributed by atoms with Crippen molar-refractivity contribution in [2.75, 3.05) is 0 Å². The molecule has 0 bridgehead atoms. The quantitative estimate of drug-likeness (QED) is 0.198. The highest BCUT2D eigenvalue weighted by molar-refractivity contribution is 6.25. The highest BCUT2D eigenvalue weighted by Crippen LogP contribution is 2.39. The molecule has 8 rings (SSSR count). The van der Waals surface area contributed by atoms with E-state index in [0.29, 0.717) is 0 Å². The zero-order chi connectivity index (χ0) is 29.1. The van der Waals surface area contributed by atoms with E-state index in [2.05, 4.69) is 131 Å². The number of benzene rings is 5. The van der Waals surface area contributed by atoms with Gasteiger partial charge in [-0.25, -0.2) is 4.98 Å². The van der Waals surface area contributed by atoms with Crippen LogP contribution in [0.2, 0.25) is 0 Å². The van der Waals surface area contributed by atoms with Gasteiger partial charge in [0.05, 0.1) is 22.1 Å². The number of allylic oxidation sites excluding steroid dienone is 2. The molecule has 206 valence electrons. The third-order valence-corrected chi connectivity index (χ3v) is 7.68. The number of aromatic nitrogens is 3. The van der Waals surface area contributed by atoms with Gasteiger partial charge < -0.3 is 4.57 Å². The molecule has 0 radical (unpaired) electrons. The van der Waals surface area contributed by atoms with E-state index in [1.54, 1.807) is 0 Å². The summed E-state index contributed by atoms with van der Waals surface area (Å²) in [6.45, 7) is 8.00. The van der Waals surface area contributed by atoms with Crippen LogP contribution in [0.5, 0.6) is 0 Å². The van der Waals surface area contributed by atoms with Gasteiger partial charge in [-0.2, -0.15) is 0 Å². The number of rotatable bonds is 2. The Hall–Kier alpha value is -5.15. The van der Waals surface area contributed by atoms with E-state index in [0.717, 1.165) is 16.7 Å². The molecule has 3 nitrogen and oxygen atoms in total. The summed E-state index contributed by atoms with van der Waals surface area (Å²) in [4.78, 5) is 5.04. The van der Waals surface area contributed by atoms with Crippen molar-refractivity contribution in [1.82, 2.24) is 14.1 Å². The van der Waals surface area contributed by atoms with Crippen LogP contribution < -0.4 is 0 Å². The fourth-order valence-corrected chi connectivity index (χ4v) is 5.74. The molecule has 0 aliphatic rings. The fourth-order valence-electron chi connectivity index (χ4n) is 5.74. The Morgan fingerprint density at radius 2 is 1.21 bits per heavy atom. The smallest absolute Gasteiger partial charge is 0.138 e. The molecule has 0 saturated heterocycles. The number of hydrogen-bond donors (Lipinski definition) is 0. The predicted molar refractivity (Wildman–Crippen MR) is 182 cm³/mol. The summed E-state index contributed by atoms with van der Waals surface area (Å²) in [6.07, 6.45) is 6.17. The summed E-state index contributed by atoms with van der Waals surface area (Å²) in [5, 5.41) is 7.46. The molecule has 3 heterocycles. The lowest BCUT2D eigenvalue weighted by molar-refractivity contribution is 1.10. The van der Waals surface area contributed by atoms with Crippen molar-refractivity contribution in [1.29, 1.82) is 0 Å². The molecule has 0 unspecified atom stereocenters. The topological polar surface area (TPSA) is 22.8 Å². The zero-order valence-electron chi connectivity index (χ0n) is 24.6. The largest absolute Gasteiger partial charge is 0.317 e. The second kappa shape index (κ2) is 11.8. The predicted octanol–water partition coefficient (Wildman–Crippen LogP) is 11.0. The van der Waals surface area contributed by atoms with Crippen LogP contribution in [0.4, 0.5) is 0 Å². The van der Waals surface area contributed by atoms with Crippen LogP contribution >= 0.6 is 0 Å². The van der Waals surface area contributed by atoms with E-state index < -0.39 is 0 Å². The first-order valence-electron chi connectivity index (χ1n) is 14.7. The average molecular weight is 546 g/mol. The van der Waals surface area contributed by atoms with Gasteiger partial charge in [-0.05, 0) is 79.2 Å². The van der Waals surface area contributed by atoms with Crippen molar-refractivity contribution in [3.8, 4) is 11.5 Å². The molecule has 0 saturated carbocycles. The minimum atomic E-state index is 0.940. The Kier molecular flexibility index (Phi) is 7.57. The number of hydrogen-bond acceptors (Lipinski definition) is 1. The molecule has 0 atom stereocenters. The summed E-state index contributed by atoms with van der Waals surface area (Å²) in [5.74, 6) is 0.940. The molecule has 0 aliphatic heterocycles. The van der Waals surface area contributed by atoms with Gasteiger partial charge in [-0.1, -0.05) is 92.7 Å². The van der Waals surface area contributed by atoms with E-state index in [4.69, 9.17) is 4.98 Å². The van der Waals surface area contributed by atoms with Crippen LogP contribution in [0.15, 0.2) is 140 Å². The van der Waals surface area contributed by atoms with E-state index in [1.165, 1.54) is 49.2 Å². The third kappa shape index (κ3) is 4.53. The van der Waals surface area contributed by atoms with E-state index in [1.807, 2.05) is 45.9 Å². The molecule has 3 heteroatoms. The van der Waals surface area contributed by atoms with Crippen molar-refractivity contribution in [3.63, 3.8) is 0 Å². The fraction of sp³-hybridized carbons (Fsp3) is 0.103.